The normalized spacial score (nSPS) is 22.2. The SMILES string of the molecule is O=CO.c1ccc([C@H]2COC[C@H]3CN(c4nnc5ccccn45)CCN32)cc1. The fourth-order valence-electron chi connectivity index (χ4n) is 4.03. The predicted octanol–water partition coefficient (Wildman–Crippen LogP) is 1.69. The summed E-state index contributed by atoms with van der Waals surface area (Å²) < 4.78 is 8.01. The molecule has 1 aromatic carbocycles. The Morgan fingerprint density at radius 3 is 2.64 bits per heavy atom. The number of nitrogens with zero attached hydrogens (tertiary/aromatic N) is 5. The van der Waals surface area contributed by atoms with Gasteiger partial charge >= 0.3 is 0 Å². The second-order valence-electron chi connectivity index (χ2n) is 6.84. The highest BCUT2D eigenvalue weighted by Crippen LogP contribution is 2.30. The van der Waals surface area contributed by atoms with E-state index in [4.69, 9.17) is 14.6 Å². The zero-order valence-corrected chi connectivity index (χ0v) is 15.5. The van der Waals surface area contributed by atoms with Crippen molar-refractivity contribution in [2.75, 3.05) is 37.7 Å². The Kier molecular flexibility index (Phi) is 5.50. The summed E-state index contributed by atoms with van der Waals surface area (Å²) in [6.07, 6.45) is 2.03. The molecule has 0 aliphatic carbocycles. The number of morpholine rings is 1. The maximum atomic E-state index is 8.36. The van der Waals surface area contributed by atoms with Gasteiger partial charge in [-0.25, -0.2) is 0 Å². The molecule has 2 aromatic heterocycles. The molecule has 8 heteroatoms. The molecule has 2 saturated heterocycles. The molecule has 0 bridgehead atoms. The zero-order valence-electron chi connectivity index (χ0n) is 15.5. The number of anilines is 1. The van der Waals surface area contributed by atoms with Gasteiger partial charge in [0.25, 0.3) is 6.47 Å². The van der Waals surface area contributed by atoms with Gasteiger partial charge < -0.3 is 14.7 Å². The average Bonchev–Trinajstić information content (AvgIpc) is 3.18. The van der Waals surface area contributed by atoms with E-state index in [1.807, 2.05) is 24.4 Å². The largest absolute Gasteiger partial charge is 0.483 e. The lowest BCUT2D eigenvalue weighted by atomic mass is 10.0. The highest BCUT2D eigenvalue weighted by molar-refractivity contribution is 5.46. The molecule has 3 aromatic rings. The number of piperazine rings is 1. The second-order valence-corrected chi connectivity index (χ2v) is 6.84. The summed E-state index contributed by atoms with van der Waals surface area (Å²) >= 11 is 0. The Morgan fingerprint density at radius 2 is 1.82 bits per heavy atom. The first kappa shape index (κ1) is 18.4. The topological polar surface area (TPSA) is 83.2 Å². The summed E-state index contributed by atoms with van der Waals surface area (Å²) in [6.45, 7) is 4.18. The van der Waals surface area contributed by atoms with Crippen LogP contribution in [-0.2, 0) is 9.53 Å². The fourth-order valence-corrected chi connectivity index (χ4v) is 4.03. The number of pyridine rings is 1. The summed E-state index contributed by atoms with van der Waals surface area (Å²) in [5, 5.41) is 15.6. The zero-order chi connectivity index (χ0) is 19.3. The van der Waals surface area contributed by atoms with Crippen LogP contribution in [0.1, 0.15) is 11.6 Å². The van der Waals surface area contributed by atoms with E-state index in [1.165, 1.54) is 5.56 Å². The first-order valence-electron chi connectivity index (χ1n) is 9.33. The Bertz CT molecular complexity index is 916. The minimum Gasteiger partial charge on any atom is -0.483 e. The Balaban J connectivity index is 0.000000604. The van der Waals surface area contributed by atoms with Gasteiger partial charge in [-0.15, -0.1) is 10.2 Å². The van der Waals surface area contributed by atoms with Crippen molar-refractivity contribution >= 4 is 18.1 Å². The molecular formula is C20H23N5O3. The molecule has 0 unspecified atom stereocenters. The molecule has 5 rings (SSSR count). The van der Waals surface area contributed by atoms with Crippen LogP contribution in [0.3, 0.4) is 0 Å². The number of carbonyl (C=O) groups is 1. The Hall–Kier alpha value is -2.97. The molecule has 4 heterocycles. The van der Waals surface area contributed by atoms with E-state index in [1.54, 1.807) is 0 Å². The van der Waals surface area contributed by atoms with Crippen LogP contribution in [0.5, 0.6) is 0 Å². The van der Waals surface area contributed by atoms with E-state index >= 15 is 0 Å². The molecule has 2 aliphatic rings. The number of fused-ring (bicyclic) bond motifs is 2. The molecular weight excluding hydrogens is 358 g/mol. The Labute approximate surface area is 163 Å². The number of aromatic nitrogens is 3. The number of hydrogen-bond donors (Lipinski definition) is 1. The van der Waals surface area contributed by atoms with Crippen molar-refractivity contribution in [2.45, 2.75) is 12.1 Å². The summed E-state index contributed by atoms with van der Waals surface area (Å²) in [6, 6.07) is 17.4. The summed E-state index contributed by atoms with van der Waals surface area (Å²) in [5.74, 6) is 0.928. The summed E-state index contributed by atoms with van der Waals surface area (Å²) in [5.41, 5.74) is 2.23. The first-order chi connectivity index (χ1) is 13.8. The Morgan fingerprint density at radius 1 is 1.04 bits per heavy atom. The maximum Gasteiger partial charge on any atom is 0.290 e. The van der Waals surface area contributed by atoms with Gasteiger partial charge in [0.05, 0.1) is 25.3 Å². The molecule has 2 fully saturated rings. The molecule has 0 radical (unpaired) electrons. The van der Waals surface area contributed by atoms with Gasteiger partial charge in [-0.2, -0.15) is 0 Å². The maximum absolute atomic E-state index is 8.36. The third-order valence-electron chi connectivity index (χ3n) is 5.28. The van der Waals surface area contributed by atoms with E-state index in [-0.39, 0.29) is 6.47 Å². The van der Waals surface area contributed by atoms with Crippen molar-refractivity contribution in [1.82, 2.24) is 19.5 Å². The van der Waals surface area contributed by atoms with Crippen LogP contribution in [0.4, 0.5) is 5.95 Å². The van der Waals surface area contributed by atoms with Gasteiger partial charge in [0.1, 0.15) is 0 Å². The lowest BCUT2D eigenvalue weighted by molar-refractivity contribution is -0.122. The highest BCUT2D eigenvalue weighted by Gasteiger charge is 2.37. The van der Waals surface area contributed by atoms with Gasteiger partial charge in [0.15, 0.2) is 5.65 Å². The smallest absolute Gasteiger partial charge is 0.290 e. The first-order valence-corrected chi connectivity index (χ1v) is 9.33. The third kappa shape index (κ3) is 3.56. The molecule has 1 N–H and O–H groups in total. The summed E-state index contributed by atoms with van der Waals surface area (Å²) in [4.78, 5) is 13.3. The molecule has 28 heavy (non-hydrogen) atoms. The molecule has 0 amide bonds. The predicted molar refractivity (Wildman–Crippen MR) is 104 cm³/mol. The molecule has 0 spiro atoms. The minimum atomic E-state index is -0.250. The van der Waals surface area contributed by atoms with Gasteiger partial charge in [-0.05, 0) is 17.7 Å². The van der Waals surface area contributed by atoms with Crippen LogP contribution >= 0.6 is 0 Å². The highest BCUT2D eigenvalue weighted by atomic mass is 16.5. The van der Waals surface area contributed by atoms with E-state index in [0.29, 0.717) is 12.1 Å². The van der Waals surface area contributed by atoms with Gasteiger partial charge in [-0.1, -0.05) is 36.4 Å². The number of hydrogen-bond acceptors (Lipinski definition) is 6. The van der Waals surface area contributed by atoms with E-state index < -0.39 is 0 Å². The van der Waals surface area contributed by atoms with E-state index in [9.17, 15) is 0 Å². The van der Waals surface area contributed by atoms with Crippen LogP contribution < -0.4 is 4.90 Å². The van der Waals surface area contributed by atoms with Crippen molar-refractivity contribution in [2.24, 2.45) is 0 Å². The van der Waals surface area contributed by atoms with Crippen molar-refractivity contribution in [1.29, 1.82) is 0 Å². The standard InChI is InChI=1S/C19H21N5O.CH2O2/c1-2-6-15(7-3-1)17-14-25-13-16-12-22(10-11-23(16)17)19-21-20-18-8-4-5-9-24(18)19;2-1-3/h1-9,16-17H,10-14H2;1H,(H,2,3)/t16-,17-;/m1./s1. The van der Waals surface area contributed by atoms with Crippen LogP contribution in [-0.4, -0.2) is 70.0 Å². The molecule has 0 saturated carbocycles. The van der Waals surface area contributed by atoms with Gasteiger partial charge in [0, 0.05) is 25.8 Å². The lowest BCUT2D eigenvalue weighted by Gasteiger charge is -2.48. The average molecular weight is 381 g/mol. The van der Waals surface area contributed by atoms with E-state index in [0.717, 1.165) is 44.4 Å². The molecule has 146 valence electrons. The van der Waals surface area contributed by atoms with Crippen LogP contribution in [0.15, 0.2) is 54.7 Å². The monoisotopic (exact) mass is 381 g/mol. The third-order valence-corrected chi connectivity index (χ3v) is 5.28. The second kappa shape index (κ2) is 8.37. The van der Waals surface area contributed by atoms with Crippen molar-refractivity contribution in [3.63, 3.8) is 0 Å². The van der Waals surface area contributed by atoms with Crippen molar-refractivity contribution < 1.29 is 14.6 Å². The molecule has 2 atom stereocenters. The van der Waals surface area contributed by atoms with Crippen LogP contribution in [0, 0.1) is 0 Å². The quantitative estimate of drug-likeness (QED) is 0.677. The van der Waals surface area contributed by atoms with E-state index in [2.05, 4.69) is 54.7 Å². The number of carboxylic acid groups (broad SMARTS) is 1. The molecule has 8 nitrogen and oxygen atoms in total. The molecule has 2 aliphatic heterocycles. The fraction of sp³-hybridized carbons (Fsp3) is 0.350. The number of ether oxygens (including phenoxy) is 1. The summed E-state index contributed by atoms with van der Waals surface area (Å²) in [7, 11) is 0. The van der Waals surface area contributed by atoms with Crippen molar-refractivity contribution in [3.05, 3.63) is 60.3 Å². The van der Waals surface area contributed by atoms with Gasteiger partial charge in [0.2, 0.25) is 5.95 Å². The van der Waals surface area contributed by atoms with Crippen LogP contribution in [0.25, 0.3) is 5.65 Å². The minimum absolute atomic E-state index is 0.250. The van der Waals surface area contributed by atoms with Gasteiger partial charge in [-0.3, -0.25) is 14.1 Å². The number of benzene rings is 1. The van der Waals surface area contributed by atoms with Crippen LogP contribution in [0.2, 0.25) is 0 Å². The lowest BCUT2D eigenvalue weighted by Crippen LogP contribution is -2.59. The number of rotatable bonds is 2. The van der Waals surface area contributed by atoms with Crippen molar-refractivity contribution in [3.8, 4) is 0 Å².